The summed E-state index contributed by atoms with van der Waals surface area (Å²) in [5.41, 5.74) is 1.78. The summed E-state index contributed by atoms with van der Waals surface area (Å²) in [4.78, 5) is 21.4. The van der Waals surface area contributed by atoms with E-state index in [1.165, 1.54) is 0 Å². The van der Waals surface area contributed by atoms with E-state index in [0.29, 0.717) is 31.0 Å². The van der Waals surface area contributed by atoms with E-state index in [9.17, 15) is 9.90 Å². The van der Waals surface area contributed by atoms with E-state index in [-0.39, 0.29) is 19.1 Å². The number of hydrogen-bond donors (Lipinski definition) is 1. The number of carbonyl (C=O) groups is 1. The van der Waals surface area contributed by atoms with Gasteiger partial charge in [0, 0.05) is 30.5 Å². The Morgan fingerprint density at radius 2 is 2.04 bits per heavy atom. The molecule has 0 aliphatic carbocycles. The molecule has 2 fully saturated rings. The van der Waals surface area contributed by atoms with Gasteiger partial charge in [-0.25, -0.2) is 9.50 Å². The number of nitrogens with zero attached hydrogens (tertiary/aromatic N) is 5. The molecule has 2 aliphatic rings. The summed E-state index contributed by atoms with van der Waals surface area (Å²) >= 11 is 0. The average molecular weight is 373 g/mol. The zero-order valence-electron chi connectivity index (χ0n) is 16.0. The molecule has 27 heavy (non-hydrogen) atoms. The molecule has 146 valence electrons. The van der Waals surface area contributed by atoms with Gasteiger partial charge < -0.3 is 19.6 Å². The fourth-order valence-corrected chi connectivity index (χ4v) is 4.10. The van der Waals surface area contributed by atoms with Crippen LogP contribution in [0, 0.1) is 13.8 Å². The predicted molar refractivity (Wildman–Crippen MR) is 99.8 cm³/mol. The molecule has 0 radical (unpaired) electrons. The first-order valence-corrected chi connectivity index (χ1v) is 9.59. The highest BCUT2D eigenvalue weighted by atomic mass is 16.5. The third kappa shape index (κ3) is 3.83. The van der Waals surface area contributed by atoms with Gasteiger partial charge in [0.1, 0.15) is 5.60 Å². The highest BCUT2D eigenvalue weighted by Crippen LogP contribution is 2.19. The Bertz CT molecular complexity index is 845. The normalized spacial score (nSPS) is 24.5. The first-order valence-electron chi connectivity index (χ1n) is 9.59. The second kappa shape index (κ2) is 7.18. The van der Waals surface area contributed by atoms with Crippen molar-refractivity contribution in [2.45, 2.75) is 32.3 Å². The highest BCUT2D eigenvalue weighted by molar-refractivity contribution is 5.93. The summed E-state index contributed by atoms with van der Waals surface area (Å²) < 4.78 is 7.31. The van der Waals surface area contributed by atoms with Crippen molar-refractivity contribution < 1.29 is 14.6 Å². The summed E-state index contributed by atoms with van der Waals surface area (Å²) in [6.45, 7) is 7.74. The lowest BCUT2D eigenvalue weighted by Gasteiger charge is -2.33. The lowest BCUT2D eigenvalue weighted by molar-refractivity contribution is -0.0524. The van der Waals surface area contributed by atoms with Crippen LogP contribution in [0.3, 0.4) is 0 Å². The lowest BCUT2D eigenvalue weighted by Crippen LogP contribution is -2.53. The zero-order valence-corrected chi connectivity index (χ0v) is 16.0. The fraction of sp³-hybridized carbons (Fsp3) is 0.632. The summed E-state index contributed by atoms with van der Waals surface area (Å²) in [5, 5.41) is 15.5. The molecule has 2 aliphatic heterocycles. The third-order valence-electron chi connectivity index (χ3n) is 5.32. The minimum Gasteiger partial charge on any atom is -0.384 e. The Balaban J connectivity index is 1.55. The number of carbonyl (C=O) groups excluding carboxylic acids is 1. The zero-order chi connectivity index (χ0) is 19.0. The highest BCUT2D eigenvalue weighted by Gasteiger charge is 2.37. The van der Waals surface area contributed by atoms with Crippen molar-refractivity contribution in [1.29, 1.82) is 0 Å². The van der Waals surface area contributed by atoms with Gasteiger partial charge in [-0.05, 0) is 45.8 Å². The Labute approximate surface area is 158 Å². The molecule has 0 aromatic carbocycles. The minimum absolute atomic E-state index is 0.192. The standard InChI is InChI=1S/C19H27N5O3/c1-14-9-15(2)24-17(20-14)10-16(21-24)18(25)23-7-8-27-13-19(26,12-23)11-22-5-3-4-6-22/h9-10,26H,3-8,11-13H2,1-2H3. The van der Waals surface area contributed by atoms with Crippen LogP contribution in [-0.2, 0) is 4.74 Å². The molecule has 1 unspecified atom stereocenters. The minimum atomic E-state index is -1.06. The van der Waals surface area contributed by atoms with Crippen molar-refractivity contribution in [2.75, 3.05) is 45.9 Å². The first kappa shape index (κ1) is 18.3. The Morgan fingerprint density at radius 1 is 1.26 bits per heavy atom. The van der Waals surface area contributed by atoms with Crippen LogP contribution in [-0.4, -0.2) is 87.0 Å². The van der Waals surface area contributed by atoms with E-state index < -0.39 is 5.60 Å². The van der Waals surface area contributed by atoms with E-state index in [2.05, 4.69) is 15.0 Å². The van der Waals surface area contributed by atoms with E-state index >= 15 is 0 Å². The first-order chi connectivity index (χ1) is 12.9. The van der Waals surface area contributed by atoms with E-state index in [1.807, 2.05) is 19.9 Å². The molecule has 0 bridgehead atoms. The number of hydrogen-bond acceptors (Lipinski definition) is 6. The molecule has 8 heteroatoms. The molecule has 4 rings (SSSR count). The smallest absolute Gasteiger partial charge is 0.274 e. The number of aliphatic hydroxyl groups is 1. The molecule has 4 heterocycles. The molecule has 0 spiro atoms. The van der Waals surface area contributed by atoms with Crippen molar-refractivity contribution in [3.05, 3.63) is 29.2 Å². The molecule has 8 nitrogen and oxygen atoms in total. The molecule has 2 saturated heterocycles. The summed E-state index contributed by atoms with van der Waals surface area (Å²) in [6.07, 6.45) is 2.32. The van der Waals surface area contributed by atoms with Gasteiger partial charge >= 0.3 is 0 Å². The number of β-amino-alcohol motifs (C(OH)–C–C–N with tert-alkyl or cyclic N) is 1. The molecule has 2 aromatic rings. The molecule has 1 atom stereocenters. The van der Waals surface area contributed by atoms with Crippen LogP contribution in [0.25, 0.3) is 5.65 Å². The van der Waals surface area contributed by atoms with Crippen molar-refractivity contribution in [3.63, 3.8) is 0 Å². The van der Waals surface area contributed by atoms with Gasteiger partial charge in [0.2, 0.25) is 0 Å². The van der Waals surface area contributed by atoms with E-state index in [4.69, 9.17) is 4.74 Å². The van der Waals surface area contributed by atoms with Crippen LogP contribution in [0.5, 0.6) is 0 Å². The molecule has 0 saturated carbocycles. The Hall–Kier alpha value is -2.03. The van der Waals surface area contributed by atoms with Crippen LogP contribution in [0.2, 0.25) is 0 Å². The lowest BCUT2D eigenvalue weighted by atomic mass is 10.0. The fourth-order valence-electron chi connectivity index (χ4n) is 4.10. The second-order valence-electron chi connectivity index (χ2n) is 7.83. The van der Waals surface area contributed by atoms with Crippen molar-refractivity contribution in [2.24, 2.45) is 0 Å². The van der Waals surface area contributed by atoms with Gasteiger partial charge in [-0.15, -0.1) is 0 Å². The molecular weight excluding hydrogens is 346 g/mol. The number of aryl methyl sites for hydroxylation is 2. The maximum absolute atomic E-state index is 13.1. The summed E-state index contributed by atoms with van der Waals surface area (Å²) in [7, 11) is 0. The average Bonchev–Trinajstić information content (AvgIpc) is 3.22. The summed E-state index contributed by atoms with van der Waals surface area (Å²) in [6, 6.07) is 3.65. The SMILES string of the molecule is Cc1cc(C)n2nc(C(=O)N3CCOCC(O)(CN4CCCC4)C3)cc2n1. The Kier molecular flexibility index (Phi) is 4.88. The van der Waals surface area contributed by atoms with Gasteiger partial charge in [-0.1, -0.05) is 0 Å². The molecule has 2 aromatic heterocycles. The quantitative estimate of drug-likeness (QED) is 0.850. The topological polar surface area (TPSA) is 83.2 Å². The summed E-state index contributed by atoms with van der Waals surface area (Å²) in [5.74, 6) is -0.192. The number of fused-ring (bicyclic) bond motifs is 1. The Morgan fingerprint density at radius 3 is 2.81 bits per heavy atom. The molecule has 1 amide bonds. The van der Waals surface area contributed by atoms with Crippen molar-refractivity contribution >= 4 is 11.6 Å². The van der Waals surface area contributed by atoms with Gasteiger partial charge in [-0.3, -0.25) is 4.79 Å². The van der Waals surface area contributed by atoms with Crippen molar-refractivity contribution in [3.8, 4) is 0 Å². The monoisotopic (exact) mass is 373 g/mol. The van der Waals surface area contributed by atoms with Crippen LogP contribution < -0.4 is 0 Å². The van der Waals surface area contributed by atoms with Gasteiger partial charge in [0.25, 0.3) is 5.91 Å². The number of ether oxygens (including phenoxy) is 1. The van der Waals surface area contributed by atoms with Crippen LogP contribution in [0.1, 0.15) is 34.7 Å². The van der Waals surface area contributed by atoms with Gasteiger partial charge in [0.15, 0.2) is 11.3 Å². The van der Waals surface area contributed by atoms with Gasteiger partial charge in [0.05, 0.1) is 19.8 Å². The second-order valence-corrected chi connectivity index (χ2v) is 7.83. The number of rotatable bonds is 3. The molecular formula is C19H27N5O3. The predicted octanol–water partition coefficient (Wildman–Crippen LogP) is 0.645. The van der Waals surface area contributed by atoms with Crippen molar-refractivity contribution in [1.82, 2.24) is 24.4 Å². The number of aromatic nitrogens is 3. The van der Waals surface area contributed by atoms with Gasteiger partial charge in [-0.2, -0.15) is 5.10 Å². The van der Waals surface area contributed by atoms with Crippen LogP contribution in [0.15, 0.2) is 12.1 Å². The third-order valence-corrected chi connectivity index (χ3v) is 5.32. The maximum Gasteiger partial charge on any atom is 0.274 e. The van der Waals surface area contributed by atoms with E-state index in [0.717, 1.165) is 37.3 Å². The maximum atomic E-state index is 13.1. The number of likely N-dealkylation sites (tertiary alicyclic amines) is 1. The largest absolute Gasteiger partial charge is 0.384 e. The van der Waals surface area contributed by atoms with Crippen LogP contribution in [0.4, 0.5) is 0 Å². The van der Waals surface area contributed by atoms with Crippen LogP contribution >= 0.6 is 0 Å². The van der Waals surface area contributed by atoms with E-state index in [1.54, 1.807) is 15.5 Å². The number of amides is 1. The molecule has 1 N–H and O–H groups in total.